The monoisotopic (exact) mass is 261 g/mol. The molecule has 0 aliphatic rings. The highest BCUT2D eigenvalue weighted by Crippen LogP contribution is 2.24. The van der Waals surface area contributed by atoms with E-state index in [2.05, 4.69) is 5.32 Å². The molecule has 0 fully saturated rings. The van der Waals surface area contributed by atoms with Gasteiger partial charge in [0.05, 0.1) is 11.3 Å². The minimum absolute atomic E-state index is 0.379. The van der Waals surface area contributed by atoms with Crippen molar-refractivity contribution in [2.45, 2.75) is 0 Å². The smallest absolute Gasteiger partial charge is 0.250 e. The van der Waals surface area contributed by atoms with E-state index in [1.807, 2.05) is 6.07 Å². The van der Waals surface area contributed by atoms with Crippen molar-refractivity contribution >= 4 is 34.6 Å². The highest BCUT2D eigenvalue weighted by Gasteiger charge is 2.08. The van der Waals surface area contributed by atoms with Crippen molar-refractivity contribution in [1.29, 1.82) is 0 Å². The van der Waals surface area contributed by atoms with Crippen LogP contribution < -0.4 is 16.8 Å². The van der Waals surface area contributed by atoms with Gasteiger partial charge < -0.3 is 16.8 Å². The summed E-state index contributed by atoms with van der Waals surface area (Å²) in [5, 5.41) is 3.67. The number of benzene rings is 2. The fourth-order valence-electron chi connectivity index (χ4n) is 1.60. The summed E-state index contributed by atoms with van der Waals surface area (Å²) in [5.74, 6) is -0.514. The molecule has 0 bridgehead atoms. The second-order valence-corrected chi connectivity index (χ2v) is 4.24. The zero-order valence-electron chi connectivity index (χ0n) is 9.48. The van der Waals surface area contributed by atoms with Gasteiger partial charge in [0.1, 0.15) is 0 Å². The van der Waals surface area contributed by atoms with E-state index in [0.29, 0.717) is 22.0 Å². The number of rotatable bonds is 3. The fourth-order valence-corrected chi connectivity index (χ4v) is 1.79. The van der Waals surface area contributed by atoms with Crippen LogP contribution in [-0.4, -0.2) is 5.91 Å². The van der Waals surface area contributed by atoms with Crippen molar-refractivity contribution in [3.05, 3.63) is 53.1 Å². The minimum Gasteiger partial charge on any atom is -0.399 e. The Kier molecular flexibility index (Phi) is 3.39. The van der Waals surface area contributed by atoms with Crippen LogP contribution in [0.4, 0.5) is 17.1 Å². The van der Waals surface area contributed by atoms with Gasteiger partial charge in [-0.3, -0.25) is 4.79 Å². The third-order valence-corrected chi connectivity index (χ3v) is 2.65. The molecule has 92 valence electrons. The second kappa shape index (κ2) is 4.98. The van der Waals surface area contributed by atoms with Gasteiger partial charge >= 0.3 is 0 Å². The number of anilines is 3. The molecule has 0 saturated carbocycles. The van der Waals surface area contributed by atoms with Crippen LogP contribution in [0.2, 0.25) is 5.02 Å². The topological polar surface area (TPSA) is 81.1 Å². The average molecular weight is 262 g/mol. The molecular formula is C13H12ClN3O. The maximum Gasteiger partial charge on any atom is 0.250 e. The van der Waals surface area contributed by atoms with Crippen LogP contribution >= 0.6 is 11.6 Å². The van der Waals surface area contributed by atoms with Crippen molar-refractivity contribution in [1.82, 2.24) is 0 Å². The zero-order chi connectivity index (χ0) is 13.1. The lowest BCUT2D eigenvalue weighted by Gasteiger charge is -2.11. The van der Waals surface area contributed by atoms with E-state index in [0.717, 1.165) is 5.69 Å². The van der Waals surface area contributed by atoms with E-state index in [4.69, 9.17) is 23.1 Å². The molecule has 2 aromatic carbocycles. The summed E-state index contributed by atoms with van der Waals surface area (Å²) in [6.45, 7) is 0. The van der Waals surface area contributed by atoms with Crippen LogP contribution in [0.15, 0.2) is 42.5 Å². The Morgan fingerprint density at radius 1 is 1.17 bits per heavy atom. The first kappa shape index (κ1) is 12.3. The summed E-state index contributed by atoms with van der Waals surface area (Å²) >= 11 is 5.89. The summed E-state index contributed by atoms with van der Waals surface area (Å²) in [7, 11) is 0. The maximum absolute atomic E-state index is 11.3. The quantitative estimate of drug-likeness (QED) is 0.743. The molecule has 5 heteroatoms. The van der Waals surface area contributed by atoms with Gasteiger partial charge in [0.15, 0.2) is 0 Å². The van der Waals surface area contributed by atoms with E-state index < -0.39 is 5.91 Å². The highest BCUT2D eigenvalue weighted by molar-refractivity contribution is 6.30. The van der Waals surface area contributed by atoms with Gasteiger partial charge in [0.2, 0.25) is 0 Å². The first-order valence-electron chi connectivity index (χ1n) is 5.28. The van der Waals surface area contributed by atoms with Crippen LogP contribution in [0, 0.1) is 0 Å². The van der Waals surface area contributed by atoms with Crippen molar-refractivity contribution in [2.24, 2.45) is 5.73 Å². The van der Waals surface area contributed by atoms with Gasteiger partial charge in [-0.05, 0) is 36.4 Å². The highest BCUT2D eigenvalue weighted by atomic mass is 35.5. The molecule has 2 rings (SSSR count). The van der Waals surface area contributed by atoms with Gasteiger partial charge in [-0.1, -0.05) is 17.7 Å². The predicted octanol–water partition coefficient (Wildman–Crippen LogP) is 2.76. The Balaban J connectivity index is 2.39. The lowest BCUT2D eigenvalue weighted by Crippen LogP contribution is -2.13. The summed E-state index contributed by atoms with van der Waals surface area (Å²) in [4.78, 5) is 11.3. The van der Waals surface area contributed by atoms with Crippen molar-refractivity contribution in [3.8, 4) is 0 Å². The summed E-state index contributed by atoms with van der Waals surface area (Å²) in [6.07, 6.45) is 0. The third-order valence-electron chi connectivity index (χ3n) is 2.41. The van der Waals surface area contributed by atoms with Crippen LogP contribution in [0.25, 0.3) is 0 Å². The van der Waals surface area contributed by atoms with Crippen LogP contribution in [0.1, 0.15) is 10.4 Å². The Morgan fingerprint density at radius 3 is 2.61 bits per heavy atom. The standard InChI is InChI=1S/C13H12ClN3O/c14-8-2-1-3-10(6-8)17-12-7-9(15)4-5-11(12)13(16)18/h1-7,17H,15H2,(H2,16,18). The van der Waals surface area contributed by atoms with Crippen molar-refractivity contribution in [2.75, 3.05) is 11.1 Å². The molecule has 18 heavy (non-hydrogen) atoms. The SMILES string of the molecule is NC(=O)c1ccc(N)cc1Nc1cccc(Cl)c1. The minimum atomic E-state index is -0.514. The number of carbonyl (C=O) groups is 1. The number of nitrogens with one attached hydrogen (secondary N) is 1. The first-order chi connectivity index (χ1) is 8.56. The number of nitrogen functional groups attached to an aromatic ring is 1. The van der Waals surface area contributed by atoms with E-state index in [-0.39, 0.29) is 0 Å². The lowest BCUT2D eigenvalue weighted by molar-refractivity contribution is 0.100. The Bertz CT molecular complexity index is 599. The van der Waals surface area contributed by atoms with Gasteiger partial charge in [0, 0.05) is 16.4 Å². The Morgan fingerprint density at radius 2 is 1.94 bits per heavy atom. The predicted molar refractivity (Wildman–Crippen MR) is 74.1 cm³/mol. The molecule has 0 radical (unpaired) electrons. The van der Waals surface area contributed by atoms with Crippen LogP contribution in [-0.2, 0) is 0 Å². The Labute approximate surface area is 110 Å². The summed E-state index contributed by atoms with van der Waals surface area (Å²) in [6, 6.07) is 12.0. The number of amides is 1. The molecule has 2 aromatic rings. The van der Waals surface area contributed by atoms with E-state index in [1.165, 1.54) is 0 Å². The number of nitrogens with two attached hydrogens (primary N) is 2. The van der Waals surface area contributed by atoms with Crippen LogP contribution in [0.5, 0.6) is 0 Å². The number of hydrogen-bond donors (Lipinski definition) is 3. The largest absolute Gasteiger partial charge is 0.399 e. The average Bonchev–Trinajstić information content (AvgIpc) is 2.28. The maximum atomic E-state index is 11.3. The molecule has 0 heterocycles. The number of halogens is 1. The van der Waals surface area contributed by atoms with Crippen molar-refractivity contribution in [3.63, 3.8) is 0 Å². The molecule has 0 unspecified atom stereocenters. The van der Waals surface area contributed by atoms with Gasteiger partial charge in [-0.25, -0.2) is 0 Å². The van der Waals surface area contributed by atoms with Gasteiger partial charge in [-0.2, -0.15) is 0 Å². The van der Waals surface area contributed by atoms with E-state index >= 15 is 0 Å². The van der Waals surface area contributed by atoms with Gasteiger partial charge in [0.25, 0.3) is 5.91 Å². The lowest BCUT2D eigenvalue weighted by atomic mass is 10.1. The molecule has 0 aliphatic carbocycles. The summed E-state index contributed by atoms with van der Waals surface area (Å²) < 4.78 is 0. The summed E-state index contributed by atoms with van der Waals surface area (Å²) in [5.41, 5.74) is 13.2. The van der Waals surface area contributed by atoms with Crippen LogP contribution in [0.3, 0.4) is 0 Å². The molecule has 4 nitrogen and oxygen atoms in total. The molecule has 0 spiro atoms. The van der Waals surface area contributed by atoms with E-state index in [9.17, 15) is 4.79 Å². The van der Waals surface area contributed by atoms with E-state index in [1.54, 1.807) is 36.4 Å². The number of carbonyl (C=O) groups excluding carboxylic acids is 1. The fraction of sp³-hybridized carbons (Fsp3) is 0. The van der Waals surface area contributed by atoms with Gasteiger partial charge in [-0.15, -0.1) is 0 Å². The first-order valence-corrected chi connectivity index (χ1v) is 5.66. The Hall–Kier alpha value is -2.20. The molecule has 0 aromatic heterocycles. The van der Waals surface area contributed by atoms with Crippen molar-refractivity contribution < 1.29 is 4.79 Å². The molecule has 0 saturated heterocycles. The number of primary amides is 1. The second-order valence-electron chi connectivity index (χ2n) is 3.80. The molecule has 1 amide bonds. The number of hydrogen-bond acceptors (Lipinski definition) is 3. The molecule has 0 aliphatic heterocycles. The molecular weight excluding hydrogens is 250 g/mol. The molecule has 5 N–H and O–H groups in total. The third kappa shape index (κ3) is 2.73. The normalized spacial score (nSPS) is 10.1. The zero-order valence-corrected chi connectivity index (χ0v) is 10.2. The molecule has 0 atom stereocenters.